The fourth-order valence-corrected chi connectivity index (χ4v) is 4.60. The van der Waals surface area contributed by atoms with Crippen molar-refractivity contribution in [3.05, 3.63) is 46.1 Å². The van der Waals surface area contributed by atoms with Gasteiger partial charge in [0.25, 0.3) is 0 Å². The van der Waals surface area contributed by atoms with Gasteiger partial charge in [-0.25, -0.2) is 5.43 Å². The molecule has 1 N–H and O–H groups in total. The van der Waals surface area contributed by atoms with Crippen LogP contribution < -0.4 is 5.43 Å². The van der Waals surface area contributed by atoms with Crippen LogP contribution in [0.4, 0.5) is 0 Å². The molecule has 1 heterocycles. The van der Waals surface area contributed by atoms with Crippen LogP contribution in [0.3, 0.4) is 0 Å². The molecule has 1 aromatic carbocycles. The molecule has 2 aliphatic carbocycles. The zero-order chi connectivity index (χ0) is 18.3. The van der Waals surface area contributed by atoms with Crippen LogP contribution in [0, 0.1) is 17.3 Å². The Morgan fingerprint density at radius 2 is 2.12 bits per heavy atom. The van der Waals surface area contributed by atoms with Crippen molar-refractivity contribution in [2.24, 2.45) is 22.4 Å². The first-order valence-corrected chi connectivity index (χ1v) is 9.63. The Bertz CT molecular complexity index is 876. The van der Waals surface area contributed by atoms with Gasteiger partial charge in [0.2, 0.25) is 5.91 Å². The monoisotopic (exact) mass is 390 g/mol. The zero-order valence-corrected chi connectivity index (χ0v) is 16.0. The molecule has 6 heteroatoms. The molecule has 0 aliphatic heterocycles. The molecule has 2 aromatic rings. The fraction of sp³-hybridized carbons (Fsp3) is 0.400. The average molecular weight is 391 g/mol. The fourth-order valence-electron chi connectivity index (χ4n) is 4.31. The summed E-state index contributed by atoms with van der Waals surface area (Å²) < 4.78 is 5.73. The third-order valence-electron chi connectivity index (χ3n) is 5.81. The van der Waals surface area contributed by atoms with Gasteiger partial charge in [-0.05, 0) is 54.5 Å². The predicted molar refractivity (Wildman–Crippen MR) is 103 cm³/mol. The van der Waals surface area contributed by atoms with E-state index in [0.29, 0.717) is 27.5 Å². The number of carbonyl (C=O) groups excluding carboxylic acids is 1. The molecule has 4 rings (SSSR count). The number of amides is 1. The number of hydrogen-bond donors (Lipinski definition) is 1. The van der Waals surface area contributed by atoms with Crippen molar-refractivity contribution in [2.45, 2.75) is 32.6 Å². The minimum Gasteiger partial charge on any atom is -0.455 e. The quantitative estimate of drug-likeness (QED) is 0.550. The first-order chi connectivity index (χ1) is 12.5. The topological polar surface area (TPSA) is 54.6 Å². The SMILES string of the molecule is CC12CCCCC1C2C(=O)NN=Cc1ccc(-c2ccc(Cl)c(Cl)c2)o1. The second kappa shape index (κ2) is 6.75. The highest BCUT2D eigenvalue weighted by atomic mass is 35.5. The molecule has 26 heavy (non-hydrogen) atoms. The molecule has 4 nitrogen and oxygen atoms in total. The van der Waals surface area contributed by atoms with E-state index in [2.05, 4.69) is 17.5 Å². The summed E-state index contributed by atoms with van der Waals surface area (Å²) in [6, 6.07) is 8.95. The van der Waals surface area contributed by atoms with Crippen molar-refractivity contribution in [3.63, 3.8) is 0 Å². The Kier molecular flexibility index (Phi) is 4.57. The van der Waals surface area contributed by atoms with Crippen LogP contribution in [0.2, 0.25) is 10.0 Å². The lowest BCUT2D eigenvalue weighted by atomic mass is 9.90. The van der Waals surface area contributed by atoms with E-state index in [0.717, 1.165) is 18.4 Å². The normalized spacial score (nSPS) is 27.3. The van der Waals surface area contributed by atoms with E-state index in [1.807, 2.05) is 12.1 Å². The average Bonchev–Trinajstić information content (AvgIpc) is 2.98. The van der Waals surface area contributed by atoms with E-state index in [9.17, 15) is 4.79 Å². The van der Waals surface area contributed by atoms with Gasteiger partial charge in [0.05, 0.1) is 16.3 Å². The van der Waals surface area contributed by atoms with Crippen LogP contribution in [0.25, 0.3) is 11.3 Å². The summed E-state index contributed by atoms with van der Waals surface area (Å²) in [7, 11) is 0. The highest BCUT2D eigenvalue weighted by molar-refractivity contribution is 6.42. The summed E-state index contributed by atoms with van der Waals surface area (Å²) in [5, 5.41) is 5.04. The van der Waals surface area contributed by atoms with Crippen molar-refractivity contribution in [2.75, 3.05) is 0 Å². The second-order valence-corrected chi connectivity index (χ2v) is 8.22. The number of carbonyl (C=O) groups is 1. The molecule has 2 fully saturated rings. The maximum Gasteiger partial charge on any atom is 0.244 e. The molecule has 0 bridgehead atoms. The minimum atomic E-state index is 0.0203. The van der Waals surface area contributed by atoms with Crippen molar-refractivity contribution in [1.29, 1.82) is 0 Å². The number of benzene rings is 1. The first kappa shape index (κ1) is 17.6. The number of rotatable bonds is 4. The summed E-state index contributed by atoms with van der Waals surface area (Å²) in [4.78, 5) is 12.4. The molecule has 2 saturated carbocycles. The summed E-state index contributed by atoms with van der Waals surface area (Å²) in [6.07, 6.45) is 6.28. The molecule has 136 valence electrons. The van der Waals surface area contributed by atoms with Gasteiger partial charge >= 0.3 is 0 Å². The Morgan fingerprint density at radius 1 is 1.27 bits per heavy atom. The Hall–Kier alpha value is -1.78. The van der Waals surface area contributed by atoms with Crippen LogP contribution in [0.1, 0.15) is 38.4 Å². The largest absolute Gasteiger partial charge is 0.455 e. The lowest BCUT2D eigenvalue weighted by Crippen LogP contribution is -2.22. The van der Waals surface area contributed by atoms with E-state index in [1.54, 1.807) is 18.2 Å². The van der Waals surface area contributed by atoms with Crippen LogP contribution in [0.15, 0.2) is 39.9 Å². The van der Waals surface area contributed by atoms with Gasteiger partial charge in [-0.2, -0.15) is 5.10 Å². The molecule has 1 aromatic heterocycles. The van der Waals surface area contributed by atoms with E-state index in [4.69, 9.17) is 27.6 Å². The first-order valence-electron chi connectivity index (χ1n) is 8.87. The van der Waals surface area contributed by atoms with Gasteiger partial charge in [-0.15, -0.1) is 0 Å². The molecule has 3 atom stereocenters. The third-order valence-corrected chi connectivity index (χ3v) is 6.55. The summed E-state index contributed by atoms with van der Waals surface area (Å²) in [5.41, 5.74) is 3.69. The molecular formula is C20H20Cl2N2O2. The number of nitrogens with one attached hydrogen (secondary N) is 1. The predicted octanol–water partition coefficient (Wildman–Crippen LogP) is 5.53. The number of furan rings is 1. The number of halogens is 2. The molecule has 0 spiro atoms. The van der Waals surface area contributed by atoms with Crippen LogP contribution in [-0.4, -0.2) is 12.1 Å². The Labute approximate surface area is 162 Å². The molecule has 3 unspecified atom stereocenters. The van der Waals surface area contributed by atoms with Crippen molar-refractivity contribution in [1.82, 2.24) is 5.43 Å². The summed E-state index contributed by atoms with van der Waals surface area (Å²) in [6.45, 7) is 2.22. The van der Waals surface area contributed by atoms with Crippen LogP contribution in [0.5, 0.6) is 0 Å². The van der Waals surface area contributed by atoms with Gasteiger partial charge < -0.3 is 4.42 Å². The number of nitrogens with zero attached hydrogens (tertiary/aromatic N) is 1. The van der Waals surface area contributed by atoms with E-state index < -0.39 is 0 Å². The van der Waals surface area contributed by atoms with Crippen LogP contribution >= 0.6 is 23.2 Å². The summed E-state index contributed by atoms with van der Waals surface area (Å²) >= 11 is 12.0. The molecule has 2 aliphatic rings. The van der Waals surface area contributed by atoms with Crippen LogP contribution in [-0.2, 0) is 4.79 Å². The number of hydrogen-bond acceptors (Lipinski definition) is 3. The minimum absolute atomic E-state index is 0.0203. The molecule has 0 radical (unpaired) electrons. The van der Waals surface area contributed by atoms with Gasteiger partial charge in [-0.1, -0.05) is 43.0 Å². The Balaban J connectivity index is 1.38. The lowest BCUT2D eigenvalue weighted by molar-refractivity contribution is -0.123. The smallest absolute Gasteiger partial charge is 0.244 e. The van der Waals surface area contributed by atoms with E-state index in [1.165, 1.54) is 19.1 Å². The second-order valence-electron chi connectivity index (χ2n) is 7.40. The molecule has 1 amide bonds. The van der Waals surface area contributed by atoms with Gasteiger partial charge in [0.1, 0.15) is 11.5 Å². The molecular weight excluding hydrogens is 371 g/mol. The van der Waals surface area contributed by atoms with E-state index >= 15 is 0 Å². The highest BCUT2D eigenvalue weighted by Crippen LogP contribution is 2.66. The number of hydrazone groups is 1. The van der Waals surface area contributed by atoms with Crippen molar-refractivity contribution in [3.8, 4) is 11.3 Å². The maximum atomic E-state index is 12.4. The van der Waals surface area contributed by atoms with Gasteiger partial charge in [0.15, 0.2) is 0 Å². The van der Waals surface area contributed by atoms with Crippen molar-refractivity contribution < 1.29 is 9.21 Å². The highest BCUT2D eigenvalue weighted by Gasteiger charge is 2.64. The van der Waals surface area contributed by atoms with Gasteiger partial charge in [0, 0.05) is 11.5 Å². The maximum absolute atomic E-state index is 12.4. The van der Waals surface area contributed by atoms with Gasteiger partial charge in [-0.3, -0.25) is 4.79 Å². The summed E-state index contributed by atoms with van der Waals surface area (Å²) in [5.74, 6) is 1.87. The standard InChI is InChI=1S/C20H20Cl2N2O2/c1-20-9-3-2-4-14(20)18(20)19(25)24-23-11-13-6-8-17(26-13)12-5-7-15(21)16(22)10-12/h5-8,10-11,14,18H,2-4,9H2,1H3,(H,24,25). The number of fused-ring (bicyclic) bond motifs is 1. The third kappa shape index (κ3) is 3.17. The molecule has 0 saturated heterocycles. The van der Waals surface area contributed by atoms with Crippen molar-refractivity contribution >= 4 is 35.3 Å². The van der Waals surface area contributed by atoms with E-state index in [-0.39, 0.29) is 17.2 Å². The zero-order valence-electron chi connectivity index (χ0n) is 14.5. The Morgan fingerprint density at radius 3 is 2.85 bits per heavy atom. The lowest BCUT2D eigenvalue weighted by Gasteiger charge is -2.15.